The van der Waals surface area contributed by atoms with Crippen molar-refractivity contribution in [1.82, 2.24) is 19.6 Å². The van der Waals surface area contributed by atoms with Crippen molar-refractivity contribution in [3.63, 3.8) is 0 Å². The number of anilines is 2. The lowest BCUT2D eigenvalue weighted by atomic mass is 10.2. The van der Waals surface area contributed by atoms with Crippen molar-refractivity contribution in [2.45, 2.75) is 0 Å². The number of halogens is 1. The maximum Gasteiger partial charge on any atom is 0.257 e. The van der Waals surface area contributed by atoms with Crippen LogP contribution in [0, 0.1) is 0 Å². The minimum atomic E-state index is 0.526. The van der Waals surface area contributed by atoms with Crippen LogP contribution in [0.1, 0.15) is 0 Å². The zero-order valence-electron chi connectivity index (χ0n) is 11.8. The van der Waals surface area contributed by atoms with Crippen LogP contribution >= 0.6 is 11.6 Å². The van der Waals surface area contributed by atoms with Gasteiger partial charge in [-0.2, -0.15) is 4.98 Å². The van der Waals surface area contributed by atoms with E-state index >= 15 is 0 Å². The topological polar surface area (TPSA) is 46.3 Å². The lowest BCUT2D eigenvalue weighted by Crippen LogP contribution is -2.12. The number of rotatable bonds is 2. The van der Waals surface area contributed by atoms with Crippen molar-refractivity contribution in [2.24, 2.45) is 0 Å². The molecule has 0 N–H and O–H groups in total. The molecule has 5 nitrogen and oxygen atoms in total. The van der Waals surface area contributed by atoms with Gasteiger partial charge in [0.1, 0.15) is 12.1 Å². The number of hydrogen-bond donors (Lipinski definition) is 0. The lowest BCUT2D eigenvalue weighted by Gasteiger charge is -2.20. The Balaban J connectivity index is 2.06. The van der Waals surface area contributed by atoms with Gasteiger partial charge in [-0.1, -0.05) is 35.9 Å². The molecule has 0 aliphatic carbocycles. The van der Waals surface area contributed by atoms with E-state index in [2.05, 4.69) is 15.2 Å². The number of benzene rings is 2. The van der Waals surface area contributed by atoms with Crippen molar-refractivity contribution in [2.75, 3.05) is 11.9 Å². The van der Waals surface area contributed by atoms with Crippen LogP contribution in [0.4, 0.5) is 11.5 Å². The van der Waals surface area contributed by atoms with Gasteiger partial charge >= 0.3 is 0 Å². The molecule has 0 bridgehead atoms. The third-order valence-corrected chi connectivity index (χ3v) is 3.97. The second kappa shape index (κ2) is 4.96. The Bertz CT molecular complexity index is 964. The molecule has 2 aromatic carbocycles. The summed E-state index contributed by atoms with van der Waals surface area (Å²) in [7, 11) is 1.98. The molecule has 2 aromatic heterocycles. The molecule has 0 radical (unpaired) electrons. The zero-order chi connectivity index (χ0) is 15.1. The summed E-state index contributed by atoms with van der Waals surface area (Å²) >= 11 is 6.39. The van der Waals surface area contributed by atoms with Gasteiger partial charge in [0.25, 0.3) is 5.78 Å². The van der Waals surface area contributed by atoms with Crippen molar-refractivity contribution < 1.29 is 0 Å². The van der Waals surface area contributed by atoms with Gasteiger partial charge in [-0.25, -0.2) is 0 Å². The summed E-state index contributed by atoms with van der Waals surface area (Å²) in [5.41, 5.74) is 1.90. The first kappa shape index (κ1) is 13.0. The number of nitrogens with zero attached hydrogens (tertiary/aromatic N) is 5. The summed E-state index contributed by atoms with van der Waals surface area (Å²) in [6, 6.07) is 15.8. The molecule has 0 fully saturated rings. The summed E-state index contributed by atoms with van der Waals surface area (Å²) in [5, 5.41) is 9.60. The number of aromatic nitrogens is 4. The summed E-state index contributed by atoms with van der Waals surface area (Å²) in [4.78, 5) is 6.66. The van der Waals surface area contributed by atoms with E-state index < -0.39 is 0 Å². The van der Waals surface area contributed by atoms with Crippen LogP contribution in [0.5, 0.6) is 0 Å². The summed E-state index contributed by atoms with van der Waals surface area (Å²) in [6.45, 7) is 0. The maximum atomic E-state index is 6.39. The van der Waals surface area contributed by atoms with Gasteiger partial charge in [-0.05, 0) is 24.3 Å². The van der Waals surface area contributed by atoms with Crippen molar-refractivity contribution in [1.29, 1.82) is 0 Å². The van der Waals surface area contributed by atoms with Gasteiger partial charge in [0, 0.05) is 18.1 Å². The van der Waals surface area contributed by atoms with Gasteiger partial charge in [0.15, 0.2) is 0 Å². The molecule has 4 aromatic rings. The average molecular weight is 310 g/mol. The Morgan fingerprint density at radius 2 is 1.86 bits per heavy atom. The molecule has 0 unspecified atom stereocenters. The predicted molar refractivity (Wildman–Crippen MR) is 87.8 cm³/mol. The summed E-state index contributed by atoms with van der Waals surface area (Å²) in [5.74, 6) is 1.32. The average Bonchev–Trinajstić information content (AvgIpc) is 3.02. The molecule has 0 atom stereocenters. The molecule has 22 heavy (non-hydrogen) atoms. The van der Waals surface area contributed by atoms with E-state index in [4.69, 9.17) is 11.6 Å². The second-order valence-corrected chi connectivity index (χ2v) is 5.37. The van der Waals surface area contributed by atoms with Crippen LogP contribution in [0.15, 0.2) is 54.9 Å². The molecule has 0 spiro atoms. The molecular formula is C16H12ClN5. The van der Waals surface area contributed by atoms with Crippen LogP contribution in [0.3, 0.4) is 0 Å². The highest BCUT2D eigenvalue weighted by Gasteiger charge is 2.15. The second-order valence-electron chi connectivity index (χ2n) is 4.97. The zero-order valence-corrected chi connectivity index (χ0v) is 12.6. The van der Waals surface area contributed by atoms with Gasteiger partial charge in [-0.3, -0.25) is 4.40 Å². The van der Waals surface area contributed by atoms with E-state index in [1.54, 1.807) is 10.7 Å². The Hall–Kier alpha value is -2.66. The number of fused-ring (bicyclic) bond motifs is 3. The van der Waals surface area contributed by atoms with E-state index in [1.165, 1.54) is 0 Å². The van der Waals surface area contributed by atoms with E-state index in [-0.39, 0.29) is 0 Å². The highest BCUT2D eigenvalue weighted by Crippen LogP contribution is 2.32. The number of hydrogen-bond acceptors (Lipinski definition) is 4. The normalized spacial score (nSPS) is 11.2. The van der Waals surface area contributed by atoms with Gasteiger partial charge in [-0.15, -0.1) is 10.2 Å². The highest BCUT2D eigenvalue weighted by atomic mass is 35.5. The quantitative estimate of drug-likeness (QED) is 0.566. The summed E-state index contributed by atoms with van der Waals surface area (Å²) in [6.07, 6.45) is 1.63. The van der Waals surface area contributed by atoms with E-state index in [1.807, 2.05) is 60.5 Å². The van der Waals surface area contributed by atoms with Crippen LogP contribution in [0.2, 0.25) is 5.02 Å². The molecule has 0 aliphatic rings. The minimum Gasteiger partial charge on any atom is -0.329 e. The monoisotopic (exact) mass is 309 g/mol. The smallest absolute Gasteiger partial charge is 0.257 e. The molecule has 0 saturated carbocycles. The van der Waals surface area contributed by atoms with Gasteiger partial charge in [0.2, 0.25) is 0 Å². The van der Waals surface area contributed by atoms with Crippen LogP contribution < -0.4 is 4.90 Å². The van der Waals surface area contributed by atoms with E-state index in [0.717, 1.165) is 22.4 Å². The SMILES string of the molecule is CN(c1ccccc1)c1nc2nncn2c2c(Cl)cccc12. The van der Waals surface area contributed by atoms with E-state index in [0.29, 0.717) is 10.8 Å². The lowest BCUT2D eigenvalue weighted by molar-refractivity contribution is 1.08. The van der Waals surface area contributed by atoms with E-state index in [9.17, 15) is 0 Å². The Morgan fingerprint density at radius 3 is 2.68 bits per heavy atom. The van der Waals surface area contributed by atoms with Crippen LogP contribution in [0.25, 0.3) is 16.7 Å². The van der Waals surface area contributed by atoms with Crippen molar-refractivity contribution >= 4 is 39.8 Å². The Labute approximate surface area is 131 Å². The number of para-hydroxylation sites is 2. The fraction of sp³-hybridized carbons (Fsp3) is 0.0625. The van der Waals surface area contributed by atoms with Crippen LogP contribution in [-0.2, 0) is 0 Å². The molecular weight excluding hydrogens is 298 g/mol. The highest BCUT2D eigenvalue weighted by molar-refractivity contribution is 6.35. The fourth-order valence-electron chi connectivity index (χ4n) is 2.59. The molecule has 0 aliphatic heterocycles. The summed E-state index contributed by atoms with van der Waals surface area (Å²) < 4.78 is 1.81. The fourth-order valence-corrected chi connectivity index (χ4v) is 2.85. The maximum absolute atomic E-state index is 6.39. The van der Waals surface area contributed by atoms with Crippen molar-refractivity contribution in [3.8, 4) is 0 Å². The Kier molecular flexibility index (Phi) is 2.94. The molecule has 2 heterocycles. The third-order valence-electron chi connectivity index (χ3n) is 3.67. The standard InChI is InChI=1S/C16H12ClN5/c1-21(11-6-3-2-4-7-11)15-12-8-5-9-13(17)14(12)22-10-18-20-16(22)19-15/h2-10H,1H3. The molecule has 0 amide bonds. The molecule has 4 rings (SSSR count). The predicted octanol–water partition coefficient (Wildman–Crippen LogP) is 3.70. The molecule has 0 saturated heterocycles. The first-order valence-corrected chi connectivity index (χ1v) is 7.20. The van der Waals surface area contributed by atoms with Gasteiger partial charge < -0.3 is 4.90 Å². The van der Waals surface area contributed by atoms with Gasteiger partial charge in [0.05, 0.1) is 10.5 Å². The minimum absolute atomic E-state index is 0.526. The van der Waals surface area contributed by atoms with Crippen molar-refractivity contribution in [3.05, 3.63) is 59.9 Å². The third kappa shape index (κ3) is 1.90. The van der Waals surface area contributed by atoms with Crippen LogP contribution in [-0.4, -0.2) is 26.6 Å². The largest absolute Gasteiger partial charge is 0.329 e. The molecule has 6 heteroatoms. The first-order valence-electron chi connectivity index (χ1n) is 6.82. The Morgan fingerprint density at radius 1 is 1.05 bits per heavy atom. The molecule has 108 valence electrons. The first-order chi connectivity index (χ1) is 10.8.